The second-order valence-electron chi connectivity index (χ2n) is 6.69. The summed E-state index contributed by atoms with van der Waals surface area (Å²) in [6.07, 6.45) is 2.31. The highest BCUT2D eigenvalue weighted by molar-refractivity contribution is 5.99. The molecule has 4 heteroatoms. The van der Waals surface area contributed by atoms with Crippen LogP contribution in [0.2, 0.25) is 0 Å². The van der Waals surface area contributed by atoms with E-state index in [4.69, 9.17) is 0 Å². The van der Waals surface area contributed by atoms with Crippen molar-refractivity contribution in [1.29, 1.82) is 0 Å². The lowest BCUT2D eigenvalue weighted by molar-refractivity contribution is -0.119. The van der Waals surface area contributed by atoms with Gasteiger partial charge in [-0.05, 0) is 48.1 Å². The lowest BCUT2D eigenvalue weighted by atomic mass is 9.88. The molecule has 2 aromatic rings. The van der Waals surface area contributed by atoms with Crippen molar-refractivity contribution in [3.63, 3.8) is 0 Å². The Hall–Kier alpha value is -2.62. The summed E-state index contributed by atoms with van der Waals surface area (Å²) in [4.78, 5) is 23.6. The fourth-order valence-electron chi connectivity index (χ4n) is 3.71. The molecule has 1 saturated heterocycles. The molecule has 2 unspecified atom stereocenters. The highest BCUT2D eigenvalue weighted by Gasteiger charge is 2.25. The van der Waals surface area contributed by atoms with Crippen molar-refractivity contribution in [2.75, 3.05) is 0 Å². The number of hydrogen-bond acceptors (Lipinski definition) is 2. The number of amides is 2. The third kappa shape index (κ3) is 2.58. The van der Waals surface area contributed by atoms with Crippen molar-refractivity contribution < 1.29 is 9.59 Å². The van der Waals surface area contributed by atoms with Crippen LogP contribution in [0.3, 0.4) is 0 Å². The molecule has 4 nitrogen and oxygen atoms in total. The minimum absolute atomic E-state index is 0.0101. The first-order chi connectivity index (χ1) is 11.6. The summed E-state index contributed by atoms with van der Waals surface area (Å²) < 4.78 is 0. The molecule has 0 saturated carbocycles. The SMILES string of the molecule is CC1Cc2c(cccc2-c2ccc(C3CCC(=O)N3)cc2)C(=O)N1. The van der Waals surface area contributed by atoms with Gasteiger partial charge in [-0.15, -0.1) is 0 Å². The largest absolute Gasteiger partial charge is 0.349 e. The highest BCUT2D eigenvalue weighted by atomic mass is 16.2. The quantitative estimate of drug-likeness (QED) is 0.894. The zero-order valence-electron chi connectivity index (χ0n) is 13.6. The summed E-state index contributed by atoms with van der Waals surface area (Å²) in [5, 5.41) is 5.98. The third-order valence-corrected chi connectivity index (χ3v) is 4.93. The zero-order valence-corrected chi connectivity index (χ0v) is 13.6. The molecule has 0 bridgehead atoms. The van der Waals surface area contributed by atoms with E-state index in [0.717, 1.165) is 40.7 Å². The van der Waals surface area contributed by atoms with Gasteiger partial charge in [-0.1, -0.05) is 36.4 Å². The van der Waals surface area contributed by atoms with Crippen LogP contribution in [-0.4, -0.2) is 17.9 Å². The van der Waals surface area contributed by atoms with Crippen LogP contribution in [0.15, 0.2) is 42.5 Å². The Kier molecular flexibility index (Phi) is 3.60. The average Bonchev–Trinajstić information content (AvgIpc) is 3.01. The van der Waals surface area contributed by atoms with E-state index in [1.54, 1.807) is 0 Å². The fourth-order valence-corrected chi connectivity index (χ4v) is 3.71. The van der Waals surface area contributed by atoms with Crippen LogP contribution in [0.4, 0.5) is 0 Å². The molecule has 2 aliphatic rings. The first-order valence-corrected chi connectivity index (χ1v) is 8.44. The van der Waals surface area contributed by atoms with E-state index in [0.29, 0.717) is 6.42 Å². The molecule has 0 aliphatic carbocycles. The number of nitrogens with one attached hydrogen (secondary N) is 2. The van der Waals surface area contributed by atoms with Crippen LogP contribution in [0, 0.1) is 0 Å². The first-order valence-electron chi connectivity index (χ1n) is 8.44. The standard InChI is InChI=1S/C20H20N2O2/c1-12-11-17-15(3-2-4-16(17)20(24)21-12)13-5-7-14(8-6-13)18-9-10-19(23)22-18/h2-8,12,18H,9-11H2,1H3,(H,21,24)(H,22,23). The van der Waals surface area contributed by atoms with Crippen LogP contribution in [0.1, 0.15) is 47.3 Å². The van der Waals surface area contributed by atoms with E-state index < -0.39 is 0 Å². The summed E-state index contributed by atoms with van der Waals surface area (Å²) in [5.74, 6) is 0.136. The van der Waals surface area contributed by atoms with E-state index >= 15 is 0 Å². The van der Waals surface area contributed by atoms with Crippen molar-refractivity contribution in [2.24, 2.45) is 0 Å². The summed E-state index contributed by atoms with van der Waals surface area (Å²) >= 11 is 0. The van der Waals surface area contributed by atoms with Gasteiger partial charge in [-0.2, -0.15) is 0 Å². The first kappa shape index (κ1) is 14.9. The smallest absolute Gasteiger partial charge is 0.251 e. The van der Waals surface area contributed by atoms with Crippen molar-refractivity contribution in [3.8, 4) is 11.1 Å². The number of carbonyl (C=O) groups is 2. The molecular formula is C20H20N2O2. The average molecular weight is 320 g/mol. The van der Waals surface area contributed by atoms with Gasteiger partial charge in [0, 0.05) is 18.0 Å². The highest BCUT2D eigenvalue weighted by Crippen LogP contribution is 2.31. The summed E-state index contributed by atoms with van der Waals surface area (Å²) in [5.41, 5.74) is 5.27. The molecule has 2 N–H and O–H groups in total. The zero-order chi connectivity index (χ0) is 16.7. The minimum Gasteiger partial charge on any atom is -0.349 e. The van der Waals surface area contributed by atoms with Gasteiger partial charge in [-0.3, -0.25) is 9.59 Å². The molecule has 2 aliphatic heterocycles. The van der Waals surface area contributed by atoms with E-state index in [-0.39, 0.29) is 23.9 Å². The molecule has 0 radical (unpaired) electrons. The molecule has 2 amide bonds. The molecule has 2 atom stereocenters. The van der Waals surface area contributed by atoms with Crippen LogP contribution in [-0.2, 0) is 11.2 Å². The monoisotopic (exact) mass is 320 g/mol. The maximum absolute atomic E-state index is 12.2. The molecular weight excluding hydrogens is 300 g/mol. The maximum Gasteiger partial charge on any atom is 0.251 e. The van der Waals surface area contributed by atoms with E-state index in [1.807, 2.05) is 19.1 Å². The number of carbonyl (C=O) groups excluding carboxylic acids is 2. The van der Waals surface area contributed by atoms with Gasteiger partial charge in [0.1, 0.15) is 0 Å². The Morgan fingerprint density at radius 2 is 1.71 bits per heavy atom. The Labute approximate surface area is 141 Å². The van der Waals surface area contributed by atoms with Gasteiger partial charge < -0.3 is 10.6 Å². The Bertz CT molecular complexity index is 811. The van der Waals surface area contributed by atoms with Crippen molar-refractivity contribution in [1.82, 2.24) is 10.6 Å². The second kappa shape index (κ2) is 5.78. The van der Waals surface area contributed by atoms with E-state index in [2.05, 4.69) is 41.0 Å². The van der Waals surface area contributed by atoms with Gasteiger partial charge >= 0.3 is 0 Å². The topological polar surface area (TPSA) is 58.2 Å². The number of hydrogen-bond donors (Lipinski definition) is 2. The molecule has 1 fully saturated rings. The minimum atomic E-state index is 0.0101. The van der Waals surface area contributed by atoms with Crippen LogP contribution in [0.25, 0.3) is 11.1 Å². The van der Waals surface area contributed by atoms with Gasteiger partial charge in [0.2, 0.25) is 5.91 Å². The van der Waals surface area contributed by atoms with E-state index in [9.17, 15) is 9.59 Å². The second-order valence-corrected chi connectivity index (χ2v) is 6.69. The Morgan fingerprint density at radius 1 is 0.958 bits per heavy atom. The normalized spacial score (nSPS) is 22.7. The predicted molar refractivity (Wildman–Crippen MR) is 92.6 cm³/mol. The Balaban J connectivity index is 1.68. The molecule has 0 aromatic heterocycles. The van der Waals surface area contributed by atoms with Crippen molar-refractivity contribution in [3.05, 3.63) is 59.2 Å². The molecule has 4 rings (SSSR count). The van der Waals surface area contributed by atoms with Gasteiger partial charge in [0.15, 0.2) is 0 Å². The molecule has 24 heavy (non-hydrogen) atoms. The van der Waals surface area contributed by atoms with Crippen molar-refractivity contribution in [2.45, 2.75) is 38.3 Å². The predicted octanol–water partition coefficient (Wildman–Crippen LogP) is 2.98. The van der Waals surface area contributed by atoms with Crippen LogP contribution in [0.5, 0.6) is 0 Å². The molecule has 0 spiro atoms. The summed E-state index contributed by atoms with van der Waals surface area (Å²) in [7, 11) is 0. The number of fused-ring (bicyclic) bond motifs is 1. The molecule has 122 valence electrons. The number of benzene rings is 2. The summed E-state index contributed by atoms with van der Waals surface area (Å²) in [6, 6.07) is 14.5. The lowest BCUT2D eigenvalue weighted by Crippen LogP contribution is -2.39. The van der Waals surface area contributed by atoms with Crippen LogP contribution >= 0.6 is 0 Å². The number of rotatable bonds is 2. The van der Waals surface area contributed by atoms with E-state index in [1.165, 1.54) is 0 Å². The Morgan fingerprint density at radius 3 is 2.42 bits per heavy atom. The van der Waals surface area contributed by atoms with Gasteiger partial charge in [0.25, 0.3) is 5.91 Å². The van der Waals surface area contributed by atoms with Gasteiger partial charge in [0.05, 0.1) is 6.04 Å². The van der Waals surface area contributed by atoms with Crippen LogP contribution < -0.4 is 10.6 Å². The lowest BCUT2D eigenvalue weighted by Gasteiger charge is -2.25. The van der Waals surface area contributed by atoms with Crippen molar-refractivity contribution >= 4 is 11.8 Å². The summed E-state index contributed by atoms with van der Waals surface area (Å²) in [6.45, 7) is 2.03. The third-order valence-electron chi connectivity index (χ3n) is 4.93. The fraction of sp³-hybridized carbons (Fsp3) is 0.300. The molecule has 2 aromatic carbocycles. The molecule has 2 heterocycles. The maximum atomic E-state index is 12.2. The van der Waals surface area contributed by atoms with Gasteiger partial charge in [-0.25, -0.2) is 0 Å².